The van der Waals surface area contributed by atoms with E-state index < -0.39 is 9.84 Å². The van der Waals surface area contributed by atoms with Crippen LogP contribution in [0.1, 0.15) is 13.8 Å². The molecule has 0 amide bonds. The van der Waals surface area contributed by atoms with Crippen molar-refractivity contribution in [3.05, 3.63) is 24.3 Å². The Balaban J connectivity index is 2.56. The van der Waals surface area contributed by atoms with Gasteiger partial charge < -0.3 is 10.2 Å². The molecule has 0 unspecified atom stereocenters. The van der Waals surface area contributed by atoms with Crippen LogP contribution >= 0.6 is 0 Å². The molecule has 1 N–H and O–H groups in total. The van der Waals surface area contributed by atoms with Crippen molar-refractivity contribution in [2.24, 2.45) is 0 Å². The third kappa shape index (κ3) is 4.31. The molecule has 4 nitrogen and oxygen atoms in total. The van der Waals surface area contributed by atoms with Crippen LogP contribution in [0.2, 0.25) is 0 Å². The molecule has 0 aliphatic rings. The Labute approximate surface area is 110 Å². The fraction of sp³-hybridized carbons (Fsp3) is 0.538. The van der Waals surface area contributed by atoms with E-state index in [0.717, 1.165) is 25.3 Å². The van der Waals surface area contributed by atoms with E-state index in [-0.39, 0.29) is 5.75 Å². The Hall–Kier alpha value is -1.07. The molecule has 1 aromatic carbocycles. The van der Waals surface area contributed by atoms with Crippen molar-refractivity contribution in [2.75, 3.05) is 37.8 Å². The van der Waals surface area contributed by atoms with Crippen LogP contribution in [0, 0.1) is 0 Å². The molecule has 5 heteroatoms. The van der Waals surface area contributed by atoms with E-state index in [1.807, 2.05) is 12.1 Å². The van der Waals surface area contributed by atoms with E-state index in [4.69, 9.17) is 0 Å². The number of sulfone groups is 1. The average molecular weight is 270 g/mol. The Morgan fingerprint density at radius 3 is 2.28 bits per heavy atom. The second-order valence-corrected chi connectivity index (χ2v) is 6.53. The normalized spacial score (nSPS) is 11.8. The van der Waals surface area contributed by atoms with E-state index in [2.05, 4.69) is 24.2 Å². The van der Waals surface area contributed by atoms with Gasteiger partial charge in [-0.1, -0.05) is 13.8 Å². The highest BCUT2D eigenvalue weighted by Gasteiger charge is 2.10. The van der Waals surface area contributed by atoms with Crippen LogP contribution in [0.4, 0.5) is 5.69 Å². The van der Waals surface area contributed by atoms with Gasteiger partial charge in [-0.15, -0.1) is 0 Å². The number of rotatable bonds is 7. The van der Waals surface area contributed by atoms with Crippen LogP contribution < -0.4 is 5.32 Å². The number of hydrogen-bond acceptors (Lipinski definition) is 4. The second-order valence-electron chi connectivity index (χ2n) is 4.25. The van der Waals surface area contributed by atoms with Gasteiger partial charge in [-0.3, -0.25) is 0 Å². The Morgan fingerprint density at radius 1 is 1.17 bits per heavy atom. The van der Waals surface area contributed by atoms with Crippen molar-refractivity contribution >= 4 is 15.5 Å². The lowest BCUT2D eigenvalue weighted by Gasteiger charge is -2.14. The number of hydrogen-bond donors (Lipinski definition) is 1. The fourth-order valence-electron chi connectivity index (χ4n) is 1.50. The van der Waals surface area contributed by atoms with Crippen molar-refractivity contribution in [1.82, 2.24) is 4.90 Å². The van der Waals surface area contributed by atoms with E-state index in [1.165, 1.54) is 0 Å². The Morgan fingerprint density at radius 2 is 1.78 bits per heavy atom. The van der Waals surface area contributed by atoms with Gasteiger partial charge in [0.15, 0.2) is 9.84 Å². The summed E-state index contributed by atoms with van der Waals surface area (Å²) in [5, 5.41) is 3.27. The standard InChI is InChI=1S/C13H22N2O2S/c1-4-15(3)11-10-14-12-6-8-13(9-7-12)18(16,17)5-2/h6-9,14H,4-5,10-11H2,1-3H3. The molecule has 0 aromatic heterocycles. The van der Waals surface area contributed by atoms with E-state index in [9.17, 15) is 8.42 Å². The van der Waals surface area contributed by atoms with E-state index in [0.29, 0.717) is 4.90 Å². The predicted octanol–water partition coefficient (Wildman–Crippen LogP) is 1.84. The van der Waals surface area contributed by atoms with Crippen LogP contribution in [0.25, 0.3) is 0 Å². The van der Waals surface area contributed by atoms with Gasteiger partial charge in [-0.05, 0) is 37.9 Å². The lowest BCUT2D eigenvalue weighted by atomic mass is 10.3. The van der Waals surface area contributed by atoms with Crippen molar-refractivity contribution in [2.45, 2.75) is 18.7 Å². The average Bonchev–Trinajstić information content (AvgIpc) is 2.39. The molecule has 0 saturated heterocycles. The first-order valence-electron chi connectivity index (χ1n) is 6.24. The minimum absolute atomic E-state index is 0.140. The molecule has 0 spiro atoms. The summed E-state index contributed by atoms with van der Waals surface area (Å²) in [6.07, 6.45) is 0. The third-order valence-corrected chi connectivity index (χ3v) is 4.71. The highest BCUT2D eigenvalue weighted by Crippen LogP contribution is 2.15. The monoisotopic (exact) mass is 270 g/mol. The minimum Gasteiger partial charge on any atom is -0.384 e. The summed E-state index contributed by atoms with van der Waals surface area (Å²) in [5.74, 6) is 0.140. The molecule has 18 heavy (non-hydrogen) atoms. The lowest BCUT2D eigenvalue weighted by molar-refractivity contribution is 0.367. The number of nitrogens with zero attached hydrogens (tertiary/aromatic N) is 1. The lowest BCUT2D eigenvalue weighted by Crippen LogP contribution is -2.24. The molecular weight excluding hydrogens is 248 g/mol. The van der Waals surface area contributed by atoms with Crippen molar-refractivity contribution < 1.29 is 8.42 Å². The van der Waals surface area contributed by atoms with Crippen molar-refractivity contribution in [1.29, 1.82) is 0 Å². The van der Waals surface area contributed by atoms with Gasteiger partial charge in [0.2, 0.25) is 0 Å². The summed E-state index contributed by atoms with van der Waals surface area (Å²) in [6.45, 7) is 6.61. The smallest absolute Gasteiger partial charge is 0.178 e. The molecule has 0 aliphatic heterocycles. The summed E-state index contributed by atoms with van der Waals surface area (Å²) in [4.78, 5) is 2.60. The first-order chi connectivity index (χ1) is 8.49. The minimum atomic E-state index is -3.09. The van der Waals surface area contributed by atoms with Gasteiger partial charge in [0.25, 0.3) is 0 Å². The maximum Gasteiger partial charge on any atom is 0.178 e. The third-order valence-electron chi connectivity index (χ3n) is 2.96. The van der Waals surface area contributed by atoms with Crippen LogP contribution in [-0.4, -0.2) is 45.8 Å². The zero-order valence-corrected chi connectivity index (χ0v) is 12.1. The quantitative estimate of drug-likeness (QED) is 0.821. The molecule has 1 rings (SSSR count). The molecule has 0 heterocycles. The molecule has 0 radical (unpaired) electrons. The van der Waals surface area contributed by atoms with Crippen molar-refractivity contribution in [3.63, 3.8) is 0 Å². The molecule has 0 saturated carbocycles. The van der Waals surface area contributed by atoms with Gasteiger partial charge >= 0.3 is 0 Å². The van der Waals surface area contributed by atoms with E-state index in [1.54, 1.807) is 19.1 Å². The number of nitrogens with one attached hydrogen (secondary N) is 1. The molecule has 102 valence electrons. The summed E-state index contributed by atoms with van der Waals surface area (Å²) in [5.41, 5.74) is 0.953. The first-order valence-corrected chi connectivity index (χ1v) is 7.90. The molecule has 0 aliphatic carbocycles. The van der Waals surface area contributed by atoms with Crippen molar-refractivity contribution in [3.8, 4) is 0 Å². The van der Waals surface area contributed by atoms with Gasteiger partial charge in [0.1, 0.15) is 0 Å². The predicted molar refractivity (Wildman–Crippen MR) is 75.8 cm³/mol. The fourth-order valence-corrected chi connectivity index (χ4v) is 2.38. The summed E-state index contributed by atoms with van der Waals surface area (Å²) in [7, 11) is -1.02. The van der Waals surface area contributed by atoms with E-state index >= 15 is 0 Å². The summed E-state index contributed by atoms with van der Waals surface area (Å²) >= 11 is 0. The molecule has 1 aromatic rings. The SMILES string of the molecule is CCN(C)CCNc1ccc(S(=O)(=O)CC)cc1. The van der Waals surface area contributed by atoms with Crippen LogP contribution in [0.15, 0.2) is 29.2 Å². The second kappa shape index (κ2) is 6.75. The van der Waals surface area contributed by atoms with Gasteiger partial charge in [-0.2, -0.15) is 0 Å². The molecule has 0 fully saturated rings. The van der Waals surface area contributed by atoms with Gasteiger partial charge in [0, 0.05) is 18.8 Å². The summed E-state index contributed by atoms with van der Waals surface area (Å²) in [6, 6.07) is 6.94. The number of anilines is 1. The topological polar surface area (TPSA) is 49.4 Å². The molecule has 0 bridgehead atoms. The largest absolute Gasteiger partial charge is 0.384 e. The number of benzene rings is 1. The first kappa shape index (κ1) is 15.0. The number of likely N-dealkylation sites (N-methyl/N-ethyl adjacent to an activating group) is 1. The summed E-state index contributed by atoms with van der Waals surface area (Å²) < 4.78 is 23.3. The maximum atomic E-state index is 11.6. The Bertz CT molecular complexity index is 454. The zero-order chi connectivity index (χ0) is 13.6. The highest BCUT2D eigenvalue weighted by molar-refractivity contribution is 7.91. The van der Waals surface area contributed by atoms with Gasteiger partial charge in [0.05, 0.1) is 10.6 Å². The van der Waals surface area contributed by atoms with Gasteiger partial charge in [-0.25, -0.2) is 8.42 Å². The van der Waals surface area contributed by atoms with Crippen LogP contribution in [-0.2, 0) is 9.84 Å². The van der Waals surface area contributed by atoms with Crippen LogP contribution in [0.3, 0.4) is 0 Å². The maximum absolute atomic E-state index is 11.6. The van der Waals surface area contributed by atoms with Crippen LogP contribution in [0.5, 0.6) is 0 Å². The molecular formula is C13H22N2O2S. The Kier molecular flexibility index (Phi) is 5.62. The zero-order valence-electron chi connectivity index (χ0n) is 11.3. The highest BCUT2D eigenvalue weighted by atomic mass is 32.2. The molecule has 0 atom stereocenters.